The van der Waals surface area contributed by atoms with Gasteiger partial charge in [-0.2, -0.15) is 70.2 Å². The summed E-state index contributed by atoms with van der Waals surface area (Å²) in [5.74, 6) is -12.3. The van der Waals surface area contributed by atoms with Gasteiger partial charge in [0.15, 0.2) is 0 Å². The molecule has 0 aliphatic rings. The van der Waals surface area contributed by atoms with Crippen LogP contribution in [0.5, 0.6) is 0 Å². The Kier molecular flexibility index (Phi) is 6.66. The van der Waals surface area contributed by atoms with Crippen LogP contribution in [0.3, 0.4) is 0 Å². The number of nitrogens with two attached hydrogens (primary N) is 2. The molecular weight excluding hydrogens is 548 g/mol. The fraction of sp³-hybridized carbons (Fsp3) is 0.333. The first-order chi connectivity index (χ1) is 15.7. The molecule has 0 saturated carbocycles. The molecule has 0 bridgehead atoms. The first-order valence-electron chi connectivity index (χ1n) is 8.66. The summed E-state index contributed by atoms with van der Waals surface area (Å²) in [5.41, 5.74) is -8.40. The first-order valence-corrected chi connectivity index (χ1v) is 8.66. The van der Waals surface area contributed by atoms with Gasteiger partial charge in [-0.25, -0.2) is 0 Å². The SMILES string of the molecule is Nc1c(C(F)(F)F)cc(-c2cc(C(F)(F)F)c(N)c(C(F)(F)C(F)(F)F)c2)cc1C(F)(F)C(F)(F)F. The van der Waals surface area contributed by atoms with E-state index in [2.05, 4.69) is 0 Å². The van der Waals surface area contributed by atoms with Gasteiger partial charge in [-0.05, 0) is 35.4 Å². The van der Waals surface area contributed by atoms with Gasteiger partial charge in [0.25, 0.3) is 0 Å². The summed E-state index contributed by atoms with van der Waals surface area (Å²) in [7, 11) is 0. The van der Waals surface area contributed by atoms with Crippen molar-refractivity contribution in [3.05, 3.63) is 46.5 Å². The fourth-order valence-electron chi connectivity index (χ4n) is 2.93. The predicted octanol–water partition coefficient (Wildman–Crippen LogP) is 7.86. The molecule has 18 heteroatoms. The molecule has 4 N–H and O–H groups in total. The lowest BCUT2D eigenvalue weighted by molar-refractivity contribution is -0.289. The zero-order valence-corrected chi connectivity index (χ0v) is 16.5. The van der Waals surface area contributed by atoms with E-state index >= 15 is 0 Å². The van der Waals surface area contributed by atoms with Gasteiger partial charge in [0.2, 0.25) is 0 Å². The highest BCUT2D eigenvalue weighted by Crippen LogP contribution is 2.52. The summed E-state index contributed by atoms with van der Waals surface area (Å²) in [4.78, 5) is 0. The van der Waals surface area contributed by atoms with E-state index in [9.17, 15) is 70.2 Å². The van der Waals surface area contributed by atoms with Crippen molar-refractivity contribution in [1.29, 1.82) is 0 Å². The van der Waals surface area contributed by atoms with Crippen molar-refractivity contribution in [2.45, 2.75) is 36.6 Å². The molecule has 202 valence electrons. The summed E-state index contributed by atoms with van der Waals surface area (Å²) in [6.45, 7) is 0. The van der Waals surface area contributed by atoms with Gasteiger partial charge in [-0.3, -0.25) is 0 Å². The number of benzene rings is 2. The highest BCUT2D eigenvalue weighted by molar-refractivity contribution is 5.76. The van der Waals surface area contributed by atoms with Gasteiger partial charge < -0.3 is 11.5 Å². The molecule has 0 atom stereocenters. The average molecular weight is 556 g/mol. The van der Waals surface area contributed by atoms with Crippen molar-refractivity contribution in [2.24, 2.45) is 0 Å². The van der Waals surface area contributed by atoms with Crippen molar-refractivity contribution in [3.63, 3.8) is 0 Å². The summed E-state index contributed by atoms with van der Waals surface area (Å²) < 4.78 is 212. The number of halogens is 16. The average Bonchev–Trinajstić information content (AvgIpc) is 2.64. The van der Waals surface area contributed by atoms with E-state index in [1.165, 1.54) is 0 Å². The third kappa shape index (κ3) is 4.93. The fourth-order valence-corrected chi connectivity index (χ4v) is 2.93. The van der Waals surface area contributed by atoms with Crippen LogP contribution in [0.2, 0.25) is 0 Å². The number of anilines is 2. The van der Waals surface area contributed by atoms with Gasteiger partial charge in [0.05, 0.1) is 33.6 Å². The Bertz CT molecular complexity index is 1060. The topological polar surface area (TPSA) is 52.0 Å². The van der Waals surface area contributed by atoms with E-state index in [1.807, 2.05) is 0 Å². The van der Waals surface area contributed by atoms with Gasteiger partial charge >= 0.3 is 36.6 Å². The zero-order valence-electron chi connectivity index (χ0n) is 16.5. The molecule has 0 aromatic heterocycles. The van der Waals surface area contributed by atoms with Gasteiger partial charge in [-0.1, -0.05) is 0 Å². The van der Waals surface area contributed by atoms with Gasteiger partial charge in [0, 0.05) is 0 Å². The number of rotatable bonds is 3. The van der Waals surface area contributed by atoms with Crippen LogP contribution in [0.1, 0.15) is 22.3 Å². The number of alkyl halides is 16. The quantitative estimate of drug-likeness (QED) is 0.299. The Morgan fingerprint density at radius 1 is 0.389 bits per heavy atom. The van der Waals surface area contributed by atoms with Crippen LogP contribution in [-0.4, -0.2) is 12.4 Å². The van der Waals surface area contributed by atoms with Gasteiger partial charge in [-0.15, -0.1) is 0 Å². The second-order valence-corrected chi connectivity index (χ2v) is 7.11. The maximum atomic E-state index is 13.9. The molecule has 0 unspecified atom stereocenters. The Labute approximate surface area is 188 Å². The monoisotopic (exact) mass is 556 g/mol. The molecule has 0 radical (unpaired) electrons. The predicted molar refractivity (Wildman–Crippen MR) is 90.6 cm³/mol. The minimum atomic E-state index is -6.60. The van der Waals surface area contributed by atoms with E-state index in [-0.39, 0.29) is 0 Å². The molecule has 2 aromatic rings. The Balaban J connectivity index is 3.09. The summed E-state index contributed by atoms with van der Waals surface area (Å²) in [6.07, 6.45) is -24.9. The number of nitrogen functional groups attached to an aromatic ring is 2. The molecular formula is C18H8F16N2. The highest BCUT2D eigenvalue weighted by Gasteiger charge is 2.61. The molecule has 0 fully saturated rings. The van der Waals surface area contributed by atoms with Crippen LogP contribution in [0.15, 0.2) is 24.3 Å². The molecule has 2 nitrogen and oxygen atoms in total. The van der Waals surface area contributed by atoms with Crippen molar-refractivity contribution in [2.75, 3.05) is 11.5 Å². The van der Waals surface area contributed by atoms with Crippen LogP contribution in [0.4, 0.5) is 81.6 Å². The minimum absolute atomic E-state index is 0.396. The normalized spacial score (nSPS) is 14.3. The lowest BCUT2D eigenvalue weighted by atomic mass is 9.90. The second-order valence-electron chi connectivity index (χ2n) is 7.11. The molecule has 0 aliphatic heterocycles. The summed E-state index contributed by atoms with van der Waals surface area (Å²) in [5, 5.41) is 0. The van der Waals surface area contributed by atoms with E-state index < -0.39 is 106 Å². The highest BCUT2D eigenvalue weighted by atomic mass is 19.4. The third-order valence-electron chi connectivity index (χ3n) is 4.69. The van der Waals surface area contributed by atoms with Crippen LogP contribution in [0.25, 0.3) is 11.1 Å². The van der Waals surface area contributed by atoms with Crippen LogP contribution >= 0.6 is 0 Å². The maximum Gasteiger partial charge on any atom is 0.458 e. The number of hydrogen-bond acceptors (Lipinski definition) is 2. The molecule has 0 aliphatic carbocycles. The Morgan fingerprint density at radius 3 is 0.806 bits per heavy atom. The molecule has 2 rings (SSSR count). The maximum absolute atomic E-state index is 13.9. The first kappa shape index (κ1) is 29.2. The smallest absolute Gasteiger partial charge is 0.398 e. The van der Waals surface area contributed by atoms with E-state index in [0.29, 0.717) is 0 Å². The van der Waals surface area contributed by atoms with Crippen LogP contribution < -0.4 is 11.5 Å². The minimum Gasteiger partial charge on any atom is -0.398 e. The summed E-state index contributed by atoms with van der Waals surface area (Å²) in [6, 6.07) is -1.82. The lowest BCUT2D eigenvalue weighted by Crippen LogP contribution is -2.35. The largest absolute Gasteiger partial charge is 0.458 e. The molecule has 0 spiro atoms. The third-order valence-corrected chi connectivity index (χ3v) is 4.69. The molecule has 0 saturated heterocycles. The zero-order chi connectivity index (χ0) is 28.4. The van der Waals surface area contributed by atoms with Crippen LogP contribution in [-0.2, 0) is 24.2 Å². The molecule has 0 amide bonds. The summed E-state index contributed by atoms with van der Waals surface area (Å²) >= 11 is 0. The van der Waals surface area contributed by atoms with Crippen molar-refractivity contribution in [3.8, 4) is 11.1 Å². The van der Waals surface area contributed by atoms with E-state index in [0.717, 1.165) is 0 Å². The van der Waals surface area contributed by atoms with Gasteiger partial charge in [0.1, 0.15) is 0 Å². The van der Waals surface area contributed by atoms with Crippen molar-refractivity contribution >= 4 is 11.4 Å². The van der Waals surface area contributed by atoms with Crippen LogP contribution in [0, 0.1) is 0 Å². The molecule has 2 aromatic carbocycles. The van der Waals surface area contributed by atoms with Crippen molar-refractivity contribution in [1.82, 2.24) is 0 Å². The van der Waals surface area contributed by atoms with Crippen molar-refractivity contribution < 1.29 is 70.2 Å². The Hall–Kier alpha value is -3.08. The second kappa shape index (κ2) is 8.22. The standard InChI is InChI=1S/C18H8F16N2/c19-13(20,17(29,30)31)7-1-5(3-9(11(7)35)15(23,24)25)6-2-8(14(21,22)18(32,33)34)12(36)10(4-6)16(26,27)28/h1-4H,35-36H2. The van der Waals surface area contributed by atoms with E-state index in [1.54, 1.807) is 0 Å². The number of hydrogen-bond donors (Lipinski definition) is 2. The Morgan fingerprint density at radius 2 is 0.611 bits per heavy atom. The molecule has 0 heterocycles. The van der Waals surface area contributed by atoms with E-state index in [4.69, 9.17) is 11.5 Å². The lowest BCUT2D eigenvalue weighted by Gasteiger charge is -2.26. The molecule has 36 heavy (non-hydrogen) atoms.